The van der Waals surface area contributed by atoms with E-state index in [-0.39, 0.29) is 17.4 Å². The highest BCUT2D eigenvalue weighted by Gasteiger charge is 2.20. The van der Waals surface area contributed by atoms with Crippen LogP contribution in [0.3, 0.4) is 0 Å². The summed E-state index contributed by atoms with van der Waals surface area (Å²) in [6, 6.07) is -1.17. The van der Waals surface area contributed by atoms with Crippen molar-refractivity contribution in [2.75, 3.05) is 0 Å². The number of allylic oxidation sites excluding steroid dienone is 1. The molecule has 0 spiro atoms. The van der Waals surface area contributed by atoms with Gasteiger partial charge in [-0.15, -0.1) is 0 Å². The van der Waals surface area contributed by atoms with E-state index >= 15 is 0 Å². The van der Waals surface area contributed by atoms with Crippen molar-refractivity contribution in [3.8, 4) is 0 Å². The summed E-state index contributed by atoms with van der Waals surface area (Å²) in [7, 11) is 0. The molecule has 0 bridgehead atoms. The zero-order chi connectivity index (χ0) is 12.2. The molecule has 0 aromatic heterocycles. The minimum absolute atomic E-state index is 0.0393. The fourth-order valence-electron chi connectivity index (χ4n) is 1.05. The zero-order valence-electron chi connectivity index (χ0n) is 9.15. The lowest BCUT2D eigenvalue weighted by atomic mass is 9.91. The molecule has 86 valence electrons. The lowest BCUT2D eigenvalue weighted by Crippen LogP contribution is -2.31. The van der Waals surface area contributed by atoms with Crippen LogP contribution in [-0.2, 0) is 9.59 Å². The second-order valence-electron chi connectivity index (χ2n) is 4.49. The molecule has 0 rings (SSSR count). The van der Waals surface area contributed by atoms with Crippen LogP contribution < -0.4 is 5.73 Å². The molecule has 1 atom stereocenters. The molecule has 15 heavy (non-hydrogen) atoms. The topological polar surface area (TPSA) is 101 Å². The number of carbonyl (C=O) groups is 2. The van der Waals surface area contributed by atoms with E-state index < -0.39 is 18.0 Å². The Labute approximate surface area is 88.6 Å². The van der Waals surface area contributed by atoms with E-state index in [1.807, 2.05) is 20.8 Å². The average Bonchev–Trinajstić information content (AvgIpc) is 1.99. The number of carboxylic acids is 2. The minimum Gasteiger partial charge on any atom is -0.480 e. The Balaban J connectivity index is 4.79. The molecule has 0 aromatic rings. The lowest BCUT2D eigenvalue weighted by Gasteiger charge is -2.15. The van der Waals surface area contributed by atoms with Crippen molar-refractivity contribution in [1.29, 1.82) is 0 Å². The highest BCUT2D eigenvalue weighted by atomic mass is 16.4. The van der Waals surface area contributed by atoms with Gasteiger partial charge in [0.1, 0.15) is 6.04 Å². The third-order valence-electron chi connectivity index (χ3n) is 1.64. The molecule has 0 heterocycles. The molecule has 0 unspecified atom stereocenters. The Morgan fingerprint density at radius 2 is 1.80 bits per heavy atom. The maximum atomic E-state index is 10.8. The van der Waals surface area contributed by atoms with Crippen LogP contribution in [-0.4, -0.2) is 28.2 Å². The monoisotopic (exact) mass is 215 g/mol. The minimum atomic E-state index is -1.20. The molecule has 0 aliphatic heterocycles. The van der Waals surface area contributed by atoms with Gasteiger partial charge in [-0.3, -0.25) is 4.79 Å². The summed E-state index contributed by atoms with van der Waals surface area (Å²) < 4.78 is 0. The van der Waals surface area contributed by atoms with Gasteiger partial charge in [-0.2, -0.15) is 0 Å². The average molecular weight is 215 g/mol. The third kappa shape index (κ3) is 5.85. The molecule has 0 saturated carbocycles. The van der Waals surface area contributed by atoms with Gasteiger partial charge in [-0.1, -0.05) is 26.8 Å². The maximum absolute atomic E-state index is 10.8. The summed E-state index contributed by atoms with van der Waals surface area (Å²) in [4.78, 5) is 21.3. The summed E-state index contributed by atoms with van der Waals surface area (Å²) in [6.07, 6.45) is 1.36. The summed E-state index contributed by atoms with van der Waals surface area (Å²) in [5, 5.41) is 17.4. The Hall–Kier alpha value is -1.36. The third-order valence-corrected chi connectivity index (χ3v) is 1.64. The molecule has 0 aliphatic rings. The molecule has 0 fully saturated rings. The van der Waals surface area contributed by atoms with Crippen molar-refractivity contribution in [2.45, 2.75) is 33.2 Å². The predicted octanol–water partition coefficient (Wildman–Crippen LogP) is 0.845. The smallest absolute Gasteiger partial charge is 0.331 e. The number of carboxylic acid groups (broad SMARTS) is 2. The standard InChI is InChI=1S/C10H17NO4/c1-10(2,3)5-6(8(12)13)4-7(11)9(14)15/h5,7H,4,11H2,1-3H3,(H,12,13)(H,14,15)/t7-/m0/s1. The number of nitrogens with two attached hydrogens (primary N) is 1. The van der Waals surface area contributed by atoms with Crippen molar-refractivity contribution in [3.05, 3.63) is 11.6 Å². The number of hydrogen-bond donors (Lipinski definition) is 3. The number of hydrogen-bond acceptors (Lipinski definition) is 3. The molecule has 0 saturated heterocycles. The first kappa shape index (κ1) is 13.6. The first-order chi connectivity index (χ1) is 6.63. The van der Waals surface area contributed by atoms with Crippen LogP contribution in [0, 0.1) is 5.41 Å². The second kappa shape index (κ2) is 4.93. The van der Waals surface area contributed by atoms with Crippen molar-refractivity contribution < 1.29 is 19.8 Å². The van der Waals surface area contributed by atoms with Gasteiger partial charge in [-0.05, 0) is 5.41 Å². The predicted molar refractivity (Wildman–Crippen MR) is 55.4 cm³/mol. The van der Waals surface area contributed by atoms with Gasteiger partial charge < -0.3 is 15.9 Å². The van der Waals surface area contributed by atoms with Crippen molar-refractivity contribution in [1.82, 2.24) is 0 Å². The normalized spacial score (nSPS) is 14.8. The largest absolute Gasteiger partial charge is 0.480 e. The summed E-state index contributed by atoms with van der Waals surface area (Å²) >= 11 is 0. The summed E-state index contributed by atoms with van der Waals surface area (Å²) in [6.45, 7) is 5.51. The van der Waals surface area contributed by atoms with Crippen LogP contribution in [0.4, 0.5) is 0 Å². The quantitative estimate of drug-likeness (QED) is 0.603. The highest BCUT2D eigenvalue weighted by Crippen LogP contribution is 2.19. The maximum Gasteiger partial charge on any atom is 0.331 e. The second-order valence-corrected chi connectivity index (χ2v) is 4.49. The van der Waals surface area contributed by atoms with Crippen LogP contribution in [0.25, 0.3) is 0 Å². The van der Waals surface area contributed by atoms with E-state index in [2.05, 4.69) is 0 Å². The fourth-order valence-corrected chi connectivity index (χ4v) is 1.05. The van der Waals surface area contributed by atoms with Crippen LogP contribution in [0.5, 0.6) is 0 Å². The fraction of sp³-hybridized carbons (Fsp3) is 0.600. The molecule has 4 N–H and O–H groups in total. The summed E-state index contributed by atoms with van der Waals surface area (Å²) in [5.41, 5.74) is 5.00. The number of aliphatic carboxylic acids is 2. The molecule has 5 heteroatoms. The number of rotatable bonds is 4. The van der Waals surface area contributed by atoms with E-state index in [0.717, 1.165) is 0 Å². The Kier molecular flexibility index (Phi) is 4.48. The molecule has 5 nitrogen and oxygen atoms in total. The van der Waals surface area contributed by atoms with Crippen LogP contribution >= 0.6 is 0 Å². The van der Waals surface area contributed by atoms with Gasteiger partial charge in [0.15, 0.2) is 0 Å². The van der Waals surface area contributed by atoms with Crippen molar-refractivity contribution in [2.24, 2.45) is 11.1 Å². The van der Waals surface area contributed by atoms with Crippen molar-refractivity contribution in [3.63, 3.8) is 0 Å². The molecule has 0 radical (unpaired) electrons. The lowest BCUT2D eigenvalue weighted by molar-refractivity contribution is -0.138. The van der Waals surface area contributed by atoms with Gasteiger partial charge in [0, 0.05) is 12.0 Å². The van der Waals surface area contributed by atoms with Crippen molar-refractivity contribution >= 4 is 11.9 Å². The van der Waals surface area contributed by atoms with Gasteiger partial charge in [0.2, 0.25) is 0 Å². The van der Waals surface area contributed by atoms with E-state index in [0.29, 0.717) is 0 Å². The van der Waals surface area contributed by atoms with Crippen LogP contribution in [0.2, 0.25) is 0 Å². The van der Waals surface area contributed by atoms with Crippen LogP contribution in [0.1, 0.15) is 27.2 Å². The highest BCUT2D eigenvalue weighted by molar-refractivity contribution is 5.88. The first-order valence-corrected chi connectivity index (χ1v) is 4.57. The SMILES string of the molecule is CC(C)(C)C=C(C[C@H](N)C(=O)O)C(=O)O. The van der Waals surface area contributed by atoms with Gasteiger partial charge in [0.25, 0.3) is 0 Å². The zero-order valence-corrected chi connectivity index (χ0v) is 9.15. The Morgan fingerprint density at radius 1 is 1.33 bits per heavy atom. The van der Waals surface area contributed by atoms with Gasteiger partial charge in [0.05, 0.1) is 0 Å². The molecule has 0 aliphatic carbocycles. The molecular weight excluding hydrogens is 198 g/mol. The van der Waals surface area contributed by atoms with E-state index in [4.69, 9.17) is 15.9 Å². The first-order valence-electron chi connectivity index (χ1n) is 4.57. The molecular formula is C10H17NO4. The van der Waals surface area contributed by atoms with E-state index in [9.17, 15) is 9.59 Å². The van der Waals surface area contributed by atoms with Crippen LogP contribution in [0.15, 0.2) is 11.6 Å². The van der Waals surface area contributed by atoms with Gasteiger partial charge in [-0.25, -0.2) is 4.79 Å². The molecule has 0 amide bonds. The van der Waals surface area contributed by atoms with Gasteiger partial charge >= 0.3 is 11.9 Å². The molecule has 0 aromatic carbocycles. The Bertz CT molecular complexity index is 288. The summed E-state index contributed by atoms with van der Waals surface area (Å²) in [5.74, 6) is -2.32. The Morgan fingerprint density at radius 3 is 2.07 bits per heavy atom. The van der Waals surface area contributed by atoms with E-state index in [1.165, 1.54) is 6.08 Å². The van der Waals surface area contributed by atoms with E-state index in [1.54, 1.807) is 0 Å².